The van der Waals surface area contributed by atoms with Gasteiger partial charge in [-0.15, -0.1) is 0 Å². The lowest BCUT2D eigenvalue weighted by atomic mass is 10.0. The van der Waals surface area contributed by atoms with Crippen LogP contribution in [0.5, 0.6) is 5.75 Å². The van der Waals surface area contributed by atoms with Crippen LogP contribution in [0, 0.1) is 6.92 Å². The Morgan fingerprint density at radius 3 is 1.80 bits per heavy atom. The summed E-state index contributed by atoms with van der Waals surface area (Å²) >= 11 is 12.3. The maximum Gasteiger partial charge on any atom is 0.132 e. The molecule has 3 aromatic rings. The smallest absolute Gasteiger partial charge is 0.132 e. The molecule has 2 heterocycles. The van der Waals surface area contributed by atoms with Gasteiger partial charge in [-0.05, 0) is 37.6 Å². The van der Waals surface area contributed by atoms with Crippen molar-refractivity contribution in [3.05, 3.63) is 40.1 Å². The molecule has 0 bridgehead atoms. The molecule has 2 aromatic heterocycles. The first-order chi connectivity index (χ1) is 14.6. The highest BCUT2D eigenvalue weighted by molar-refractivity contribution is 6.31. The zero-order valence-corrected chi connectivity index (χ0v) is 19.7. The maximum absolute atomic E-state index is 6.26. The maximum atomic E-state index is 6.26. The summed E-state index contributed by atoms with van der Waals surface area (Å²) in [7, 11) is 0. The number of unbranched alkanes of at least 4 members (excludes halogenated alkanes) is 9. The molecule has 0 atom stereocenters. The highest BCUT2D eigenvalue weighted by Gasteiger charge is 2.15. The van der Waals surface area contributed by atoms with Crippen molar-refractivity contribution < 1.29 is 4.74 Å². The van der Waals surface area contributed by atoms with Crippen molar-refractivity contribution in [2.24, 2.45) is 0 Å². The topological polar surface area (TPSA) is 35.0 Å². The van der Waals surface area contributed by atoms with Crippen LogP contribution in [0.15, 0.2) is 24.3 Å². The van der Waals surface area contributed by atoms with E-state index in [2.05, 4.69) is 23.8 Å². The predicted octanol–water partition coefficient (Wildman–Crippen LogP) is 8.70. The Morgan fingerprint density at radius 2 is 1.20 bits per heavy atom. The standard InChI is InChI=1S/C25H32Cl2N2O/c1-3-4-5-6-7-8-9-10-11-12-17-30-25-18(2)19-13-15-21(26)28-23(19)24-20(25)14-16-22(27)29-24/h13-16H,3-12,17H2,1-2H3. The van der Waals surface area contributed by atoms with Crippen molar-refractivity contribution in [2.45, 2.75) is 78.1 Å². The van der Waals surface area contributed by atoms with Gasteiger partial charge >= 0.3 is 0 Å². The van der Waals surface area contributed by atoms with Crippen molar-refractivity contribution >= 4 is 45.0 Å². The van der Waals surface area contributed by atoms with E-state index in [1.807, 2.05) is 12.1 Å². The average Bonchev–Trinajstić information content (AvgIpc) is 2.74. The normalized spacial score (nSPS) is 11.5. The average molecular weight is 447 g/mol. The molecule has 0 saturated heterocycles. The molecule has 5 heteroatoms. The molecule has 0 amide bonds. The molecule has 162 valence electrons. The molecule has 0 aliphatic rings. The van der Waals surface area contributed by atoms with Crippen molar-refractivity contribution in [1.29, 1.82) is 0 Å². The number of aryl methyl sites for hydroxylation is 1. The van der Waals surface area contributed by atoms with Gasteiger partial charge in [-0.2, -0.15) is 0 Å². The third-order valence-corrected chi connectivity index (χ3v) is 6.10. The van der Waals surface area contributed by atoms with Gasteiger partial charge in [0.2, 0.25) is 0 Å². The van der Waals surface area contributed by atoms with Crippen LogP contribution in [-0.2, 0) is 0 Å². The molecule has 0 aliphatic heterocycles. The first-order valence-electron chi connectivity index (χ1n) is 11.3. The molecule has 3 rings (SSSR count). The molecule has 1 aromatic carbocycles. The molecule has 0 fully saturated rings. The number of aromatic nitrogens is 2. The number of halogens is 2. The SMILES string of the molecule is CCCCCCCCCCCCOc1c(C)c2ccc(Cl)nc2c2nc(Cl)ccc12. The Labute approximate surface area is 190 Å². The molecule has 0 spiro atoms. The first kappa shape index (κ1) is 23.1. The Morgan fingerprint density at radius 1 is 0.700 bits per heavy atom. The number of rotatable bonds is 12. The second kappa shape index (κ2) is 11.7. The van der Waals surface area contributed by atoms with Crippen LogP contribution in [0.25, 0.3) is 21.8 Å². The monoisotopic (exact) mass is 446 g/mol. The van der Waals surface area contributed by atoms with E-state index in [9.17, 15) is 0 Å². The molecule has 3 nitrogen and oxygen atoms in total. The van der Waals surface area contributed by atoms with Gasteiger partial charge in [0.15, 0.2) is 0 Å². The summed E-state index contributed by atoms with van der Waals surface area (Å²) in [6, 6.07) is 7.55. The van der Waals surface area contributed by atoms with Crippen LogP contribution in [0.4, 0.5) is 0 Å². The van der Waals surface area contributed by atoms with Gasteiger partial charge in [0.1, 0.15) is 21.6 Å². The summed E-state index contributed by atoms with van der Waals surface area (Å²) in [6.07, 6.45) is 13.1. The number of hydrogen-bond donors (Lipinski definition) is 0. The molecule has 0 unspecified atom stereocenters. The largest absolute Gasteiger partial charge is 0.493 e. The van der Waals surface area contributed by atoms with Crippen LogP contribution in [-0.4, -0.2) is 16.6 Å². The van der Waals surface area contributed by atoms with Gasteiger partial charge in [0.05, 0.1) is 12.1 Å². The number of fused-ring (bicyclic) bond motifs is 3. The summed E-state index contributed by atoms with van der Waals surface area (Å²) in [5.74, 6) is 0.877. The number of nitrogens with zero attached hydrogens (tertiary/aromatic N) is 2. The minimum Gasteiger partial charge on any atom is -0.493 e. The summed E-state index contributed by atoms with van der Waals surface area (Å²) in [5.41, 5.74) is 2.57. The molecule has 30 heavy (non-hydrogen) atoms. The Bertz CT molecular complexity index is 974. The van der Waals surface area contributed by atoms with E-state index >= 15 is 0 Å². The van der Waals surface area contributed by atoms with Gasteiger partial charge in [-0.25, -0.2) is 9.97 Å². The Balaban J connectivity index is 1.58. The molecule has 0 aliphatic carbocycles. The predicted molar refractivity (Wildman–Crippen MR) is 129 cm³/mol. The van der Waals surface area contributed by atoms with Crippen LogP contribution in [0.3, 0.4) is 0 Å². The number of benzene rings is 1. The van der Waals surface area contributed by atoms with E-state index < -0.39 is 0 Å². The fourth-order valence-electron chi connectivity index (χ4n) is 3.99. The highest BCUT2D eigenvalue weighted by Crippen LogP contribution is 2.37. The lowest BCUT2D eigenvalue weighted by Gasteiger charge is -2.15. The third-order valence-electron chi connectivity index (χ3n) is 5.68. The zero-order valence-electron chi connectivity index (χ0n) is 18.1. The molecule has 0 radical (unpaired) electrons. The first-order valence-corrected chi connectivity index (χ1v) is 12.0. The lowest BCUT2D eigenvalue weighted by molar-refractivity contribution is 0.306. The van der Waals surface area contributed by atoms with E-state index in [0.717, 1.165) is 39.5 Å². The van der Waals surface area contributed by atoms with E-state index in [0.29, 0.717) is 16.9 Å². The van der Waals surface area contributed by atoms with Gasteiger partial charge in [0.25, 0.3) is 0 Å². The van der Waals surface area contributed by atoms with Gasteiger partial charge < -0.3 is 4.74 Å². The van der Waals surface area contributed by atoms with Gasteiger partial charge in [-0.1, -0.05) is 87.9 Å². The summed E-state index contributed by atoms with van der Waals surface area (Å²) in [4.78, 5) is 9.01. The van der Waals surface area contributed by atoms with Crippen molar-refractivity contribution in [1.82, 2.24) is 9.97 Å². The van der Waals surface area contributed by atoms with Gasteiger partial charge in [0, 0.05) is 16.3 Å². The number of hydrogen-bond acceptors (Lipinski definition) is 3. The van der Waals surface area contributed by atoms with Crippen LogP contribution >= 0.6 is 23.2 Å². The van der Waals surface area contributed by atoms with E-state index in [1.165, 1.54) is 57.8 Å². The number of ether oxygens (including phenoxy) is 1. The summed E-state index contributed by atoms with van der Waals surface area (Å²) in [5, 5.41) is 2.82. The van der Waals surface area contributed by atoms with Crippen LogP contribution in [0.1, 0.15) is 76.7 Å². The third kappa shape index (κ3) is 5.98. The number of pyridine rings is 2. The van der Waals surface area contributed by atoms with E-state index in [1.54, 1.807) is 12.1 Å². The minimum absolute atomic E-state index is 0.440. The zero-order chi connectivity index (χ0) is 21.3. The van der Waals surface area contributed by atoms with Crippen LogP contribution < -0.4 is 4.74 Å². The fraction of sp³-hybridized carbons (Fsp3) is 0.520. The lowest BCUT2D eigenvalue weighted by Crippen LogP contribution is -2.01. The highest BCUT2D eigenvalue weighted by atomic mass is 35.5. The van der Waals surface area contributed by atoms with Crippen molar-refractivity contribution in [3.8, 4) is 5.75 Å². The fourth-order valence-corrected chi connectivity index (χ4v) is 4.29. The van der Waals surface area contributed by atoms with Crippen LogP contribution in [0.2, 0.25) is 10.3 Å². The van der Waals surface area contributed by atoms with E-state index in [-0.39, 0.29) is 0 Å². The molecule has 0 N–H and O–H groups in total. The quantitative estimate of drug-likeness (QED) is 0.158. The Hall–Kier alpha value is -1.58. The van der Waals surface area contributed by atoms with Crippen molar-refractivity contribution in [3.63, 3.8) is 0 Å². The molecular formula is C25H32Cl2N2O. The van der Waals surface area contributed by atoms with E-state index in [4.69, 9.17) is 27.9 Å². The second-order valence-electron chi connectivity index (χ2n) is 8.04. The summed E-state index contributed by atoms with van der Waals surface area (Å²) in [6.45, 7) is 5.05. The molecule has 0 saturated carbocycles. The van der Waals surface area contributed by atoms with Crippen molar-refractivity contribution in [2.75, 3.05) is 6.61 Å². The van der Waals surface area contributed by atoms with Gasteiger partial charge in [-0.3, -0.25) is 0 Å². The molecular weight excluding hydrogens is 415 g/mol. The minimum atomic E-state index is 0.440. The second-order valence-corrected chi connectivity index (χ2v) is 8.82. The Kier molecular flexibility index (Phi) is 9.02. The summed E-state index contributed by atoms with van der Waals surface area (Å²) < 4.78 is 6.26.